The second kappa shape index (κ2) is 8.52. The predicted octanol–water partition coefficient (Wildman–Crippen LogP) is 2.22. The molecular formula is C15H19BrClN3O3. The molecule has 0 atom stereocenters. The van der Waals surface area contributed by atoms with Gasteiger partial charge in [-0.3, -0.25) is 9.69 Å². The van der Waals surface area contributed by atoms with Gasteiger partial charge in [0.2, 0.25) is 0 Å². The average Bonchev–Trinajstić information content (AvgIpc) is 2.56. The number of carbonyl (C=O) groups excluding carboxylic acids is 2. The van der Waals surface area contributed by atoms with Gasteiger partial charge in [-0.05, 0) is 18.2 Å². The molecule has 0 bridgehead atoms. The van der Waals surface area contributed by atoms with Crippen LogP contribution in [0.15, 0.2) is 22.7 Å². The van der Waals surface area contributed by atoms with Gasteiger partial charge in [0.05, 0.1) is 17.7 Å². The molecule has 1 N–H and O–H groups in total. The lowest BCUT2D eigenvalue weighted by Gasteiger charge is -2.33. The van der Waals surface area contributed by atoms with Crippen LogP contribution in [0.5, 0.6) is 0 Å². The Hall–Kier alpha value is -1.31. The van der Waals surface area contributed by atoms with Gasteiger partial charge in [-0.25, -0.2) is 4.79 Å². The van der Waals surface area contributed by atoms with Crippen LogP contribution in [-0.2, 0) is 4.74 Å². The molecule has 126 valence electrons. The molecule has 1 heterocycles. The van der Waals surface area contributed by atoms with Crippen LogP contribution in [0.2, 0.25) is 5.02 Å². The predicted molar refractivity (Wildman–Crippen MR) is 91.9 cm³/mol. The Morgan fingerprint density at radius 1 is 1.30 bits per heavy atom. The molecule has 1 fully saturated rings. The normalized spacial score (nSPS) is 15.3. The van der Waals surface area contributed by atoms with Crippen molar-refractivity contribution in [2.45, 2.75) is 0 Å². The van der Waals surface area contributed by atoms with Gasteiger partial charge >= 0.3 is 6.09 Å². The quantitative estimate of drug-likeness (QED) is 0.836. The Balaban J connectivity index is 1.74. The summed E-state index contributed by atoms with van der Waals surface area (Å²) < 4.78 is 5.51. The number of ether oxygens (including phenoxy) is 1. The number of nitrogens with zero attached hydrogens (tertiary/aromatic N) is 2. The molecule has 1 aliphatic heterocycles. The first-order valence-electron chi connectivity index (χ1n) is 7.29. The Morgan fingerprint density at radius 3 is 2.65 bits per heavy atom. The summed E-state index contributed by atoms with van der Waals surface area (Å²) in [4.78, 5) is 27.4. The largest absolute Gasteiger partial charge is 0.453 e. The second-order valence-corrected chi connectivity index (χ2v) is 6.50. The van der Waals surface area contributed by atoms with E-state index in [1.54, 1.807) is 23.1 Å². The Bertz CT molecular complexity index is 577. The summed E-state index contributed by atoms with van der Waals surface area (Å²) in [7, 11) is 1.39. The van der Waals surface area contributed by atoms with Gasteiger partial charge in [-0.1, -0.05) is 27.5 Å². The number of rotatable bonds is 4. The third kappa shape index (κ3) is 5.09. The van der Waals surface area contributed by atoms with Gasteiger partial charge in [-0.15, -0.1) is 0 Å². The molecule has 1 saturated heterocycles. The van der Waals surface area contributed by atoms with Crippen molar-refractivity contribution in [3.8, 4) is 0 Å². The van der Waals surface area contributed by atoms with Gasteiger partial charge in [0.25, 0.3) is 5.91 Å². The standard InChI is InChI=1S/C15H19BrClN3O3/c1-23-15(22)20-8-6-19(7-9-20)5-4-18-14(21)12-10-11(16)2-3-13(12)17/h2-3,10H,4-9H2,1H3,(H,18,21). The van der Waals surface area contributed by atoms with E-state index in [9.17, 15) is 9.59 Å². The van der Waals surface area contributed by atoms with Crippen molar-refractivity contribution in [2.75, 3.05) is 46.4 Å². The number of hydrogen-bond donors (Lipinski definition) is 1. The van der Waals surface area contributed by atoms with Crippen molar-refractivity contribution in [3.05, 3.63) is 33.3 Å². The van der Waals surface area contributed by atoms with E-state index in [4.69, 9.17) is 16.3 Å². The lowest BCUT2D eigenvalue weighted by molar-refractivity contribution is 0.0885. The fourth-order valence-corrected chi connectivity index (χ4v) is 2.94. The number of amides is 2. The highest BCUT2D eigenvalue weighted by molar-refractivity contribution is 9.10. The lowest BCUT2D eigenvalue weighted by atomic mass is 10.2. The van der Waals surface area contributed by atoms with Crippen LogP contribution in [0.25, 0.3) is 0 Å². The van der Waals surface area contributed by atoms with E-state index in [2.05, 4.69) is 26.1 Å². The van der Waals surface area contributed by atoms with Crippen LogP contribution in [0.1, 0.15) is 10.4 Å². The smallest absolute Gasteiger partial charge is 0.409 e. The summed E-state index contributed by atoms with van der Waals surface area (Å²) in [5, 5.41) is 3.30. The zero-order chi connectivity index (χ0) is 16.8. The second-order valence-electron chi connectivity index (χ2n) is 5.18. The van der Waals surface area contributed by atoms with Gasteiger partial charge in [0, 0.05) is 43.7 Å². The van der Waals surface area contributed by atoms with Gasteiger partial charge < -0.3 is 15.0 Å². The van der Waals surface area contributed by atoms with E-state index in [-0.39, 0.29) is 12.0 Å². The molecule has 0 aromatic heterocycles. The van der Waals surface area contributed by atoms with Crippen molar-refractivity contribution in [2.24, 2.45) is 0 Å². The molecule has 1 aromatic rings. The van der Waals surface area contributed by atoms with Gasteiger partial charge in [-0.2, -0.15) is 0 Å². The first-order valence-corrected chi connectivity index (χ1v) is 8.47. The number of benzene rings is 1. The molecule has 1 aliphatic rings. The maximum absolute atomic E-state index is 12.1. The van der Waals surface area contributed by atoms with Crippen molar-refractivity contribution in [1.82, 2.24) is 15.1 Å². The summed E-state index contributed by atoms with van der Waals surface area (Å²) in [6.07, 6.45) is -0.290. The molecule has 0 saturated carbocycles. The third-order valence-electron chi connectivity index (χ3n) is 3.69. The Labute approximate surface area is 148 Å². The molecule has 2 rings (SSSR count). The van der Waals surface area contributed by atoms with E-state index in [0.29, 0.717) is 30.2 Å². The molecule has 0 radical (unpaired) electrons. The maximum Gasteiger partial charge on any atom is 0.409 e. The zero-order valence-electron chi connectivity index (χ0n) is 12.8. The molecule has 0 unspecified atom stereocenters. The van der Waals surface area contributed by atoms with Crippen LogP contribution < -0.4 is 5.32 Å². The van der Waals surface area contributed by atoms with E-state index < -0.39 is 0 Å². The topological polar surface area (TPSA) is 61.9 Å². The molecule has 2 amide bonds. The summed E-state index contributed by atoms with van der Waals surface area (Å²) in [5.41, 5.74) is 0.455. The maximum atomic E-state index is 12.1. The number of halogens is 2. The van der Waals surface area contributed by atoms with Gasteiger partial charge in [0.15, 0.2) is 0 Å². The minimum atomic E-state index is -0.290. The Morgan fingerprint density at radius 2 is 2.00 bits per heavy atom. The first kappa shape index (κ1) is 18.0. The Kier molecular flexibility index (Phi) is 6.68. The molecule has 0 spiro atoms. The molecule has 0 aliphatic carbocycles. The fourth-order valence-electron chi connectivity index (χ4n) is 2.38. The van der Waals surface area contributed by atoms with Crippen LogP contribution in [-0.4, -0.2) is 68.2 Å². The third-order valence-corrected chi connectivity index (χ3v) is 4.51. The van der Waals surface area contributed by atoms with Crippen molar-refractivity contribution in [3.63, 3.8) is 0 Å². The monoisotopic (exact) mass is 403 g/mol. The minimum Gasteiger partial charge on any atom is -0.453 e. The van der Waals surface area contributed by atoms with E-state index >= 15 is 0 Å². The van der Waals surface area contributed by atoms with E-state index in [1.807, 2.05) is 0 Å². The van der Waals surface area contributed by atoms with Crippen molar-refractivity contribution in [1.29, 1.82) is 0 Å². The first-order chi connectivity index (χ1) is 11.0. The van der Waals surface area contributed by atoms with E-state index in [0.717, 1.165) is 24.1 Å². The average molecular weight is 405 g/mol. The van der Waals surface area contributed by atoms with E-state index in [1.165, 1.54) is 7.11 Å². The SMILES string of the molecule is COC(=O)N1CCN(CCNC(=O)c2cc(Br)ccc2Cl)CC1. The summed E-state index contributed by atoms with van der Waals surface area (Å²) in [6.45, 7) is 4.06. The minimum absolute atomic E-state index is 0.190. The molecule has 1 aromatic carbocycles. The van der Waals surface area contributed by atoms with Crippen LogP contribution in [0.3, 0.4) is 0 Å². The highest BCUT2D eigenvalue weighted by Crippen LogP contribution is 2.20. The summed E-state index contributed by atoms with van der Waals surface area (Å²) in [5.74, 6) is -0.190. The fraction of sp³-hybridized carbons (Fsp3) is 0.467. The molecule has 8 heteroatoms. The summed E-state index contributed by atoms with van der Waals surface area (Å²) in [6, 6.07) is 5.18. The summed E-state index contributed by atoms with van der Waals surface area (Å²) >= 11 is 9.37. The van der Waals surface area contributed by atoms with Crippen LogP contribution >= 0.6 is 27.5 Å². The zero-order valence-corrected chi connectivity index (χ0v) is 15.2. The molecule has 23 heavy (non-hydrogen) atoms. The number of carbonyl (C=O) groups is 2. The molecule has 6 nitrogen and oxygen atoms in total. The number of methoxy groups -OCH3 is 1. The number of hydrogen-bond acceptors (Lipinski definition) is 4. The molecular weight excluding hydrogens is 386 g/mol. The van der Waals surface area contributed by atoms with Crippen molar-refractivity contribution >= 4 is 39.5 Å². The van der Waals surface area contributed by atoms with Gasteiger partial charge in [0.1, 0.15) is 0 Å². The number of nitrogens with one attached hydrogen (secondary N) is 1. The lowest BCUT2D eigenvalue weighted by Crippen LogP contribution is -2.50. The number of piperazine rings is 1. The van der Waals surface area contributed by atoms with Crippen LogP contribution in [0, 0.1) is 0 Å². The van der Waals surface area contributed by atoms with Crippen LogP contribution in [0.4, 0.5) is 4.79 Å². The highest BCUT2D eigenvalue weighted by Gasteiger charge is 2.21. The highest BCUT2D eigenvalue weighted by atomic mass is 79.9. The van der Waals surface area contributed by atoms with Crippen molar-refractivity contribution < 1.29 is 14.3 Å².